The molecule has 0 fully saturated rings. The summed E-state index contributed by atoms with van der Waals surface area (Å²) in [6.07, 6.45) is 2.00. The first-order valence-electron chi connectivity index (χ1n) is 5.08. The van der Waals surface area contributed by atoms with Gasteiger partial charge >= 0.3 is 0 Å². The normalized spacial score (nSPS) is 19.4. The topological polar surface area (TPSA) is 49.4 Å². The highest BCUT2D eigenvalue weighted by molar-refractivity contribution is 5.69. The van der Waals surface area contributed by atoms with Gasteiger partial charge in [-0.3, -0.25) is 0 Å². The van der Waals surface area contributed by atoms with E-state index in [1.54, 1.807) is 7.11 Å². The first-order chi connectivity index (χ1) is 7.22. The first-order valence-corrected chi connectivity index (χ1v) is 5.08. The van der Waals surface area contributed by atoms with E-state index in [1.807, 2.05) is 18.2 Å². The number of carbonyl (C=O) groups excluding carboxylic acids is 1. The van der Waals surface area contributed by atoms with Crippen LogP contribution < -0.4 is 9.84 Å². The third-order valence-electron chi connectivity index (χ3n) is 3.00. The molecule has 80 valence electrons. The Bertz CT molecular complexity index is 370. The molecule has 0 heterocycles. The summed E-state index contributed by atoms with van der Waals surface area (Å²) in [7, 11) is 1.61. The number of hydrogen-bond acceptors (Lipinski definition) is 3. The predicted molar refractivity (Wildman–Crippen MR) is 53.5 cm³/mol. The van der Waals surface area contributed by atoms with Crippen molar-refractivity contribution < 1.29 is 14.6 Å². The van der Waals surface area contributed by atoms with Crippen molar-refractivity contribution in [2.45, 2.75) is 19.3 Å². The molecule has 0 N–H and O–H groups in total. The summed E-state index contributed by atoms with van der Waals surface area (Å²) >= 11 is 0. The second kappa shape index (κ2) is 3.93. The van der Waals surface area contributed by atoms with Crippen molar-refractivity contribution in [3.63, 3.8) is 0 Å². The van der Waals surface area contributed by atoms with Gasteiger partial charge in [-0.05, 0) is 36.5 Å². The highest BCUT2D eigenvalue weighted by Gasteiger charge is 2.21. The van der Waals surface area contributed by atoms with E-state index in [9.17, 15) is 9.90 Å². The Hall–Kier alpha value is -1.51. The van der Waals surface area contributed by atoms with Crippen molar-refractivity contribution >= 4 is 5.97 Å². The summed E-state index contributed by atoms with van der Waals surface area (Å²) in [4.78, 5) is 10.8. The van der Waals surface area contributed by atoms with Crippen LogP contribution in [0.4, 0.5) is 0 Å². The van der Waals surface area contributed by atoms with Crippen LogP contribution in [0.15, 0.2) is 18.2 Å². The van der Waals surface area contributed by atoms with E-state index < -0.39 is 5.97 Å². The molecule has 0 radical (unpaired) electrons. The Morgan fingerprint density at radius 3 is 3.00 bits per heavy atom. The second-order valence-corrected chi connectivity index (χ2v) is 3.86. The van der Waals surface area contributed by atoms with Crippen LogP contribution in [0, 0.1) is 5.92 Å². The molecule has 0 unspecified atom stereocenters. The number of fused-ring (bicyclic) bond motifs is 1. The zero-order valence-corrected chi connectivity index (χ0v) is 8.66. The summed E-state index contributed by atoms with van der Waals surface area (Å²) < 4.78 is 5.23. The van der Waals surface area contributed by atoms with Gasteiger partial charge in [0, 0.05) is 11.9 Å². The van der Waals surface area contributed by atoms with Crippen molar-refractivity contribution in [2.24, 2.45) is 5.92 Å². The molecule has 0 aromatic heterocycles. The number of aliphatic carboxylic acids is 1. The van der Waals surface area contributed by atoms with Gasteiger partial charge in [0.1, 0.15) is 5.75 Å². The van der Waals surface area contributed by atoms with Gasteiger partial charge in [-0.15, -0.1) is 0 Å². The number of carboxylic acids is 1. The molecule has 1 aliphatic rings. The quantitative estimate of drug-likeness (QED) is 0.708. The van der Waals surface area contributed by atoms with E-state index in [1.165, 1.54) is 5.56 Å². The molecule has 0 spiro atoms. The molecule has 0 amide bonds. The van der Waals surface area contributed by atoms with Crippen LogP contribution >= 0.6 is 0 Å². The lowest BCUT2D eigenvalue weighted by Crippen LogP contribution is -2.34. The van der Waals surface area contributed by atoms with E-state index in [4.69, 9.17) is 4.74 Å². The number of carbonyl (C=O) groups is 1. The molecule has 1 aliphatic carbocycles. The van der Waals surface area contributed by atoms with Crippen molar-refractivity contribution in [2.75, 3.05) is 7.11 Å². The molecular weight excluding hydrogens is 192 g/mol. The van der Waals surface area contributed by atoms with Crippen LogP contribution in [0.25, 0.3) is 0 Å². The molecule has 1 aromatic rings. The molecule has 0 bridgehead atoms. The molecule has 1 atom stereocenters. The fourth-order valence-electron chi connectivity index (χ4n) is 2.15. The van der Waals surface area contributed by atoms with Crippen LogP contribution in [-0.2, 0) is 17.6 Å². The van der Waals surface area contributed by atoms with Crippen molar-refractivity contribution in [1.29, 1.82) is 0 Å². The number of carboxylic acid groups (broad SMARTS) is 1. The Morgan fingerprint density at radius 1 is 1.53 bits per heavy atom. The lowest BCUT2D eigenvalue weighted by atomic mass is 9.83. The van der Waals surface area contributed by atoms with Gasteiger partial charge in [0.2, 0.25) is 0 Å². The van der Waals surface area contributed by atoms with Crippen LogP contribution in [0.3, 0.4) is 0 Å². The van der Waals surface area contributed by atoms with E-state index >= 15 is 0 Å². The van der Waals surface area contributed by atoms with Gasteiger partial charge in [0.25, 0.3) is 0 Å². The van der Waals surface area contributed by atoms with Gasteiger partial charge in [-0.2, -0.15) is 0 Å². The zero-order chi connectivity index (χ0) is 10.8. The first kappa shape index (κ1) is 10.0. The summed E-state index contributed by atoms with van der Waals surface area (Å²) in [5.41, 5.74) is 2.23. The van der Waals surface area contributed by atoms with Crippen LogP contribution in [0.2, 0.25) is 0 Å². The Balaban J connectivity index is 2.34. The number of rotatable bonds is 2. The molecule has 0 aliphatic heterocycles. The minimum Gasteiger partial charge on any atom is -0.550 e. The average Bonchev–Trinajstić information content (AvgIpc) is 2.27. The molecule has 3 heteroatoms. The van der Waals surface area contributed by atoms with E-state index in [-0.39, 0.29) is 5.92 Å². The minimum atomic E-state index is -0.952. The Morgan fingerprint density at radius 2 is 2.33 bits per heavy atom. The SMILES string of the molecule is COc1cccc2c1C[C@H](C(=O)[O-])CC2. The summed E-state index contributed by atoms with van der Waals surface area (Å²) in [6, 6.07) is 5.84. The summed E-state index contributed by atoms with van der Waals surface area (Å²) in [5.74, 6) is -0.529. The van der Waals surface area contributed by atoms with Crippen LogP contribution in [0.1, 0.15) is 17.5 Å². The number of benzene rings is 1. The number of ether oxygens (including phenoxy) is 1. The number of hydrogen-bond donors (Lipinski definition) is 0. The smallest absolute Gasteiger partial charge is 0.122 e. The molecule has 15 heavy (non-hydrogen) atoms. The molecule has 0 saturated carbocycles. The number of methoxy groups -OCH3 is 1. The van der Waals surface area contributed by atoms with Crippen LogP contribution in [-0.4, -0.2) is 13.1 Å². The van der Waals surface area contributed by atoms with Gasteiger partial charge in [0.15, 0.2) is 0 Å². The third-order valence-corrected chi connectivity index (χ3v) is 3.00. The highest BCUT2D eigenvalue weighted by atomic mass is 16.5. The fourth-order valence-corrected chi connectivity index (χ4v) is 2.15. The summed E-state index contributed by atoms with van der Waals surface area (Å²) in [5, 5.41) is 10.8. The highest BCUT2D eigenvalue weighted by Crippen LogP contribution is 2.31. The van der Waals surface area contributed by atoms with Crippen molar-refractivity contribution in [3.8, 4) is 5.75 Å². The van der Waals surface area contributed by atoms with E-state index in [0.717, 1.165) is 17.7 Å². The average molecular weight is 205 g/mol. The standard InChI is InChI=1S/C12H14O3/c1-15-11-4-2-3-8-5-6-9(12(13)14)7-10(8)11/h2-4,9H,5-7H2,1H3,(H,13,14)/p-1/t9-/m1/s1. The van der Waals surface area contributed by atoms with Gasteiger partial charge in [0.05, 0.1) is 7.11 Å². The maximum absolute atomic E-state index is 10.8. The molecule has 2 rings (SSSR count). The largest absolute Gasteiger partial charge is 0.550 e. The van der Waals surface area contributed by atoms with Crippen molar-refractivity contribution in [3.05, 3.63) is 29.3 Å². The second-order valence-electron chi connectivity index (χ2n) is 3.86. The van der Waals surface area contributed by atoms with Crippen LogP contribution in [0.5, 0.6) is 5.75 Å². The fraction of sp³-hybridized carbons (Fsp3) is 0.417. The summed E-state index contributed by atoms with van der Waals surface area (Å²) in [6.45, 7) is 0. The Kier molecular flexibility index (Phi) is 2.62. The predicted octanol–water partition coefficient (Wildman–Crippen LogP) is 0.550. The number of aryl methyl sites for hydroxylation is 1. The van der Waals surface area contributed by atoms with Gasteiger partial charge < -0.3 is 14.6 Å². The minimum absolute atomic E-state index is 0.367. The van der Waals surface area contributed by atoms with Crippen molar-refractivity contribution in [1.82, 2.24) is 0 Å². The molecule has 1 aromatic carbocycles. The lowest BCUT2D eigenvalue weighted by molar-refractivity contribution is -0.311. The van der Waals surface area contributed by atoms with E-state index in [0.29, 0.717) is 12.8 Å². The van der Waals surface area contributed by atoms with Gasteiger partial charge in [-0.1, -0.05) is 12.1 Å². The maximum Gasteiger partial charge on any atom is 0.122 e. The lowest BCUT2D eigenvalue weighted by Gasteiger charge is -2.26. The molecular formula is C12H13O3-. The Labute approximate surface area is 88.7 Å². The zero-order valence-electron chi connectivity index (χ0n) is 8.66. The van der Waals surface area contributed by atoms with Gasteiger partial charge in [-0.25, -0.2) is 0 Å². The molecule has 3 nitrogen and oxygen atoms in total. The molecule has 0 saturated heterocycles. The third kappa shape index (κ3) is 1.82. The van der Waals surface area contributed by atoms with E-state index in [2.05, 4.69) is 0 Å². The maximum atomic E-state index is 10.8. The monoisotopic (exact) mass is 205 g/mol.